The van der Waals surface area contributed by atoms with Gasteiger partial charge in [-0.1, -0.05) is 13.8 Å². The summed E-state index contributed by atoms with van der Waals surface area (Å²) in [5.41, 5.74) is -0.863. The fraction of sp³-hybridized carbons (Fsp3) is 0.900. The predicted molar refractivity (Wildman–Crippen MR) is 52.5 cm³/mol. The summed E-state index contributed by atoms with van der Waals surface area (Å²) < 4.78 is 5.18. The van der Waals surface area contributed by atoms with E-state index in [1.807, 2.05) is 34.6 Å². The van der Waals surface area contributed by atoms with Gasteiger partial charge in [0.2, 0.25) is 0 Å². The first-order valence-electron chi connectivity index (χ1n) is 5.07. The van der Waals surface area contributed by atoms with Crippen LogP contribution in [0.15, 0.2) is 0 Å². The topological polar surface area (TPSA) is 41.8 Å². The molecule has 0 aromatic carbocycles. The Morgan fingerprint density at radius 3 is 2.14 bits per heavy atom. The fourth-order valence-electron chi connectivity index (χ4n) is 1.32. The van der Waals surface area contributed by atoms with Gasteiger partial charge in [0.1, 0.15) is 5.60 Å². The molecule has 4 heteroatoms. The van der Waals surface area contributed by atoms with Gasteiger partial charge < -0.3 is 4.74 Å². The minimum Gasteiger partial charge on any atom is -0.442 e. The van der Waals surface area contributed by atoms with E-state index in [2.05, 4.69) is 0 Å². The van der Waals surface area contributed by atoms with Crippen molar-refractivity contribution in [3.8, 4) is 0 Å². The van der Waals surface area contributed by atoms with E-state index in [9.17, 15) is 4.79 Å². The van der Waals surface area contributed by atoms with Crippen molar-refractivity contribution in [3.63, 3.8) is 0 Å². The molecule has 0 atom stereocenters. The van der Waals surface area contributed by atoms with Crippen LogP contribution in [0.25, 0.3) is 0 Å². The molecule has 1 saturated heterocycles. The van der Waals surface area contributed by atoms with Crippen LogP contribution in [0.1, 0.15) is 47.5 Å². The Bertz CT molecular complexity index is 228. The van der Waals surface area contributed by atoms with E-state index in [0.29, 0.717) is 0 Å². The molecule has 0 radical (unpaired) electrons. The van der Waals surface area contributed by atoms with Gasteiger partial charge in [-0.25, -0.2) is 9.63 Å². The number of hydroxylamine groups is 2. The molecule has 0 aromatic heterocycles. The quantitative estimate of drug-likeness (QED) is 0.645. The van der Waals surface area contributed by atoms with Gasteiger partial charge in [-0.15, -0.1) is 5.06 Å². The molecule has 1 aliphatic heterocycles. The zero-order valence-corrected chi connectivity index (χ0v) is 9.59. The van der Waals surface area contributed by atoms with Crippen LogP contribution in [-0.2, 0) is 9.57 Å². The molecule has 0 aromatic rings. The number of nitrogens with zero attached hydrogens (tertiary/aromatic N) is 1. The minimum absolute atomic E-state index is 0.388. The standard InChI is InChI=1S/C10H19NO3/c1-6-10(7-2)11(14-10)8(12)13-9(3,4)5/h6-7H2,1-5H3. The van der Waals surface area contributed by atoms with Crippen molar-refractivity contribution in [1.82, 2.24) is 5.06 Å². The van der Waals surface area contributed by atoms with Crippen LogP contribution in [0.4, 0.5) is 4.79 Å². The number of carbonyl (C=O) groups excluding carboxylic acids is 1. The zero-order valence-electron chi connectivity index (χ0n) is 9.59. The van der Waals surface area contributed by atoms with Crippen molar-refractivity contribution in [1.29, 1.82) is 0 Å². The number of hydrogen-bond acceptors (Lipinski definition) is 3. The van der Waals surface area contributed by atoms with Crippen molar-refractivity contribution < 1.29 is 14.4 Å². The van der Waals surface area contributed by atoms with Gasteiger partial charge in [-0.2, -0.15) is 0 Å². The van der Waals surface area contributed by atoms with Crippen molar-refractivity contribution in [3.05, 3.63) is 0 Å². The Balaban J connectivity index is 2.51. The summed E-state index contributed by atoms with van der Waals surface area (Å²) in [5, 5.41) is 1.33. The normalized spacial score (nSPS) is 19.4. The smallest absolute Gasteiger partial charge is 0.437 e. The van der Waals surface area contributed by atoms with Gasteiger partial charge >= 0.3 is 6.09 Å². The lowest BCUT2D eigenvalue weighted by Crippen LogP contribution is -2.30. The third kappa shape index (κ3) is 2.18. The molecule has 82 valence electrons. The van der Waals surface area contributed by atoms with Gasteiger partial charge in [-0.3, -0.25) is 0 Å². The first-order valence-corrected chi connectivity index (χ1v) is 5.07. The summed E-state index contributed by atoms with van der Waals surface area (Å²) in [6.45, 7) is 9.51. The van der Waals surface area contributed by atoms with Crippen LogP contribution in [0.5, 0.6) is 0 Å². The molecule has 0 aliphatic carbocycles. The summed E-state index contributed by atoms with van der Waals surface area (Å²) >= 11 is 0. The highest BCUT2D eigenvalue weighted by molar-refractivity contribution is 5.69. The number of carbonyl (C=O) groups is 1. The zero-order chi connectivity index (χ0) is 11.0. The third-order valence-corrected chi connectivity index (χ3v) is 2.26. The largest absolute Gasteiger partial charge is 0.442 e. The third-order valence-electron chi connectivity index (χ3n) is 2.26. The molecular formula is C10H19NO3. The molecule has 0 saturated carbocycles. The summed E-state index contributed by atoms with van der Waals surface area (Å²) in [6.07, 6.45) is 1.20. The Labute approximate surface area is 85.1 Å². The maximum absolute atomic E-state index is 11.5. The minimum atomic E-state index is -0.462. The van der Waals surface area contributed by atoms with Gasteiger partial charge in [0, 0.05) is 0 Å². The Hall–Kier alpha value is -0.770. The molecule has 0 bridgehead atoms. The van der Waals surface area contributed by atoms with Crippen LogP contribution >= 0.6 is 0 Å². The molecule has 0 spiro atoms. The summed E-state index contributed by atoms with van der Waals surface area (Å²) in [6, 6.07) is 0. The van der Waals surface area contributed by atoms with Gasteiger partial charge in [0.15, 0.2) is 5.72 Å². The maximum atomic E-state index is 11.5. The highest BCUT2D eigenvalue weighted by Gasteiger charge is 2.57. The number of hydrogen-bond donors (Lipinski definition) is 0. The van der Waals surface area contributed by atoms with Crippen molar-refractivity contribution in [2.45, 2.75) is 58.8 Å². The first kappa shape index (κ1) is 11.3. The second-order valence-electron chi connectivity index (χ2n) is 4.52. The van der Waals surface area contributed by atoms with Gasteiger partial charge in [0.25, 0.3) is 0 Å². The lowest BCUT2D eigenvalue weighted by Gasteiger charge is -2.19. The second-order valence-corrected chi connectivity index (χ2v) is 4.52. The lowest BCUT2D eigenvalue weighted by atomic mass is 10.1. The van der Waals surface area contributed by atoms with Crippen molar-refractivity contribution in [2.24, 2.45) is 0 Å². The second kappa shape index (κ2) is 3.42. The molecule has 1 fully saturated rings. The average molecular weight is 201 g/mol. The van der Waals surface area contributed by atoms with Gasteiger partial charge in [-0.05, 0) is 33.6 Å². The molecule has 4 nitrogen and oxygen atoms in total. The summed E-state index contributed by atoms with van der Waals surface area (Å²) in [4.78, 5) is 16.8. The molecule has 1 rings (SSSR count). The molecule has 14 heavy (non-hydrogen) atoms. The molecule has 1 amide bonds. The maximum Gasteiger partial charge on any atom is 0.437 e. The van der Waals surface area contributed by atoms with Crippen LogP contribution in [0, 0.1) is 0 Å². The predicted octanol–water partition coefficient (Wildman–Crippen LogP) is 2.69. The highest BCUT2D eigenvalue weighted by Crippen LogP contribution is 2.41. The Morgan fingerprint density at radius 2 is 1.86 bits per heavy atom. The SMILES string of the molecule is CCC1(CC)ON1C(=O)OC(C)(C)C. The molecule has 1 aliphatic rings. The molecular weight excluding hydrogens is 182 g/mol. The van der Waals surface area contributed by atoms with Crippen molar-refractivity contribution in [2.75, 3.05) is 0 Å². The molecule has 1 heterocycles. The van der Waals surface area contributed by atoms with E-state index < -0.39 is 11.3 Å². The van der Waals surface area contributed by atoms with E-state index in [-0.39, 0.29) is 6.09 Å². The van der Waals surface area contributed by atoms with Gasteiger partial charge in [0.05, 0.1) is 0 Å². The van der Waals surface area contributed by atoms with E-state index in [1.54, 1.807) is 0 Å². The average Bonchev–Trinajstić information content (AvgIpc) is 2.76. The lowest BCUT2D eigenvalue weighted by molar-refractivity contribution is 0.0208. The molecule has 0 unspecified atom stereocenters. The molecule has 0 N–H and O–H groups in total. The summed E-state index contributed by atoms with van der Waals surface area (Å²) in [5.74, 6) is 0. The van der Waals surface area contributed by atoms with Crippen LogP contribution in [0.2, 0.25) is 0 Å². The van der Waals surface area contributed by atoms with E-state index >= 15 is 0 Å². The van der Waals surface area contributed by atoms with Crippen molar-refractivity contribution >= 4 is 6.09 Å². The van der Waals surface area contributed by atoms with Crippen LogP contribution < -0.4 is 0 Å². The Kier molecular flexibility index (Phi) is 2.76. The van der Waals surface area contributed by atoms with E-state index in [1.165, 1.54) is 5.06 Å². The number of ether oxygens (including phenoxy) is 1. The first-order chi connectivity index (χ1) is 6.34. The number of rotatable bonds is 2. The van der Waals surface area contributed by atoms with Crippen LogP contribution in [0.3, 0.4) is 0 Å². The van der Waals surface area contributed by atoms with E-state index in [0.717, 1.165) is 12.8 Å². The Morgan fingerprint density at radius 1 is 1.36 bits per heavy atom. The monoisotopic (exact) mass is 201 g/mol. The number of amides is 1. The van der Waals surface area contributed by atoms with Crippen LogP contribution in [-0.4, -0.2) is 22.5 Å². The summed E-state index contributed by atoms with van der Waals surface area (Å²) in [7, 11) is 0. The van der Waals surface area contributed by atoms with E-state index in [4.69, 9.17) is 9.57 Å². The fourth-order valence-corrected chi connectivity index (χ4v) is 1.32. The highest BCUT2D eigenvalue weighted by atomic mass is 16.9.